The van der Waals surface area contributed by atoms with Crippen LogP contribution in [0.3, 0.4) is 0 Å². The van der Waals surface area contributed by atoms with Crippen molar-refractivity contribution in [3.05, 3.63) is 0 Å². The molecule has 0 unspecified atom stereocenters. The fourth-order valence-electron chi connectivity index (χ4n) is 24.9. The predicted octanol–water partition coefficient (Wildman–Crippen LogP) is 10.7. The standard InChI is InChI=1S/C30H90Si18/c1-31(2,3)45-33(7,8)37(15,16)47(43(45,27)28,38(17,18)34(45,9)10)41(23,24)42(25,26)48-39(19,20)35(11,12)46(32(4,5)6,44(48,29)30)36(13,14)40(48,21)22/h1-30H3. The van der Waals surface area contributed by atoms with Gasteiger partial charge in [0.15, 0.2) is 0 Å². The Balaban J connectivity index is 2.38. The second-order valence-corrected chi connectivity index (χ2v) is 270. The van der Waals surface area contributed by atoms with Crippen molar-refractivity contribution in [3.63, 3.8) is 0 Å². The fraction of sp³-hybridized carbons (Fsp3) is 1.00. The minimum absolute atomic E-state index is 1.29. The van der Waals surface area contributed by atoms with E-state index in [4.69, 9.17) is 0 Å². The number of hydrogen-bond donors (Lipinski definition) is 0. The lowest BCUT2D eigenvalue weighted by molar-refractivity contribution is 1.78. The molecule has 4 rings (SSSR count). The van der Waals surface area contributed by atoms with E-state index in [0.29, 0.717) is 0 Å². The van der Waals surface area contributed by atoms with Gasteiger partial charge in [0.05, 0.1) is 0 Å². The van der Waals surface area contributed by atoms with Crippen LogP contribution in [0.2, 0.25) is 196 Å². The van der Waals surface area contributed by atoms with E-state index >= 15 is 0 Å². The quantitative estimate of drug-likeness (QED) is 0.241. The van der Waals surface area contributed by atoms with E-state index in [-0.39, 0.29) is 0 Å². The molecule has 0 aromatic heterocycles. The van der Waals surface area contributed by atoms with Crippen molar-refractivity contribution in [2.45, 2.75) is 196 Å². The van der Waals surface area contributed by atoms with Crippen LogP contribution in [0.4, 0.5) is 0 Å². The fourth-order valence-corrected chi connectivity index (χ4v) is 1630. The smallest absolute Gasteiger partial charge is 0.0305 e. The SMILES string of the molecule is C[Si](C)(C)[Si]12[Si](C)(C)[Si](C)(C)[Si]([Si](C)(C)[Si](C)(C)[Si]34[Si](C)(C)[Si](C)(C)[Si]([Si](C)(C)C)([Si](C)(C)[Si]3(C)C)[Si]4(C)C)([Si](C)(C)[Si]1(C)C)[Si]2(C)C. The summed E-state index contributed by atoms with van der Waals surface area (Å²) in [5.74, 6) is 0. The molecule has 0 atom stereocenters. The molecule has 4 aliphatic heterocycles. The predicted molar refractivity (Wildman–Crippen MR) is 279 cm³/mol. The average Bonchev–Trinajstić information content (AvgIpc) is 3.00. The van der Waals surface area contributed by atoms with Gasteiger partial charge in [-0.15, -0.1) is 0 Å². The zero-order valence-corrected chi connectivity index (χ0v) is 57.0. The van der Waals surface area contributed by atoms with E-state index < -0.39 is 125 Å². The van der Waals surface area contributed by atoms with Gasteiger partial charge in [0.1, 0.15) is 0 Å². The molecule has 0 aromatic rings. The molecule has 0 saturated carbocycles. The second kappa shape index (κ2) is 10.1. The molecule has 0 aromatic carbocycles. The molecule has 4 heterocycles. The van der Waals surface area contributed by atoms with Crippen molar-refractivity contribution in [1.29, 1.82) is 0 Å². The lowest BCUT2D eigenvalue weighted by Gasteiger charge is -2.76. The molecule has 4 fully saturated rings. The number of rotatable bonds is 5. The van der Waals surface area contributed by atoms with E-state index in [1.165, 1.54) is 0 Å². The first-order valence-corrected chi connectivity index (χ1v) is 92.2. The van der Waals surface area contributed by atoms with Crippen LogP contribution in [0.1, 0.15) is 0 Å². The largest absolute Gasteiger partial charge is 0.0743 e. The Labute approximate surface area is 318 Å². The summed E-state index contributed by atoms with van der Waals surface area (Å²) in [6.45, 7) is 97.7. The van der Waals surface area contributed by atoms with Crippen molar-refractivity contribution < 1.29 is 0 Å². The highest BCUT2D eigenvalue weighted by Gasteiger charge is 3.04. The van der Waals surface area contributed by atoms with Gasteiger partial charge < -0.3 is 0 Å². The van der Waals surface area contributed by atoms with Crippen LogP contribution in [0.5, 0.6) is 0 Å². The highest BCUT2D eigenvalue weighted by Crippen LogP contribution is 2.74. The maximum Gasteiger partial charge on any atom is 0.0305 e. The van der Waals surface area contributed by atoms with Crippen molar-refractivity contribution in [3.8, 4) is 0 Å². The Morgan fingerprint density at radius 2 is 0.312 bits per heavy atom. The topological polar surface area (TPSA) is 0 Å². The van der Waals surface area contributed by atoms with E-state index in [0.717, 1.165) is 0 Å². The van der Waals surface area contributed by atoms with E-state index in [2.05, 4.69) is 196 Å². The molecule has 0 amide bonds. The van der Waals surface area contributed by atoms with Crippen molar-refractivity contribution in [2.24, 2.45) is 0 Å². The molecule has 282 valence electrons. The molecular weight excluding hydrogens is 866 g/mol. The maximum absolute atomic E-state index is 3.43. The van der Waals surface area contributed by atoms with Crippen LogP contribution in [-0.2, 0) is 0 Å². The molecule has 48 heavy (non-hydrogen) atoms. The van der Waals surface area contributed by atoms with E-state index in [9.17, 15) is 0 Å². The molecule has 18 heteroatoms. The lowest BCUT2D eigenvalue weighted by Crippen LogP contribution is -3.07. The number of fused-ring (bicyclic) bond motifs is 4. The van der Waals surface area contributed by atoms with Gasteiger partial charge >= 0.3 is 0 Å². The molecule has 4 bridgehead atoms. The summed E-state index contributed by atoms with van der Waals surface area (Å²) >= 11 is 0. The van der Waals surface area contributed by atoms with Gasteiger partial charge in [-0.2, -0.15) is 0 Å². The second-order valence-electron chi connectivity index (χ2n) is 27.0. The maximum atomic E-state index is 3.43. The lowest BCUT2D eigenvalue weighted by atomic mass is 11.8. The third-order valence-corrected chi connectivity index (χ3v) is 695. The summed E-state index contributed by atoms with van der Waals surface area (Å²) in [4.78, 5) is 0. The molecule has 4 saturated heterocycles. The first kappa shape index (κ1) is 44.6. The Bertz CT molecular complexity index is 1270. The highest BCUT2D eigenvalue weighted by molar-refractivity contribution is 8.56. The minimum Gasteiger partial charge on any atom is -0.0743 e. The monoisotopic (exact) mass is 954 g/mol. The van der Waals surface area contributed by atoms with Crippen LogP contribution in [0.15, 0.2) is 0 Å². The van der Waals surface area contributed by atoms with Crippen molar-refractivity contribution in [1.82, 2.24) is 0 Å². The molecule has 0 N–H and O–H groups in total. The Morgan fingerprint density at radius 3 is 0.438 bits per heavy atom. The van der Waals surface area contributed by atoms with Crippen LogP contribution >= 0.6 is 0 Å². The van der Waals surface area contributed by atoms with Crippen LogP contribution < -0.4 is 0 Å². The molecule has 0 spiro atoms. The Morgan fingerprint density at radius 1 is 0.188 bits per heavy atom. The molecule has 0 aliphatic carbocycles. The Kier molecular flexibility index (Phi) is 9.41. The van der Waals surface area contributed by atoms with Crippen molar-refractivity contribution in [2.75, 3.05) is 0 Å². The zero-order chi connectivity index (χ0) is 39.0. The zero-order valence-electron chi connectivity index (χ0n) is 39.0. The van der Waals surface area contributed by atoms with Crippen LogP contribution in [0.25, 0.3) is 0 Å². The number of hydrogen-bond acceptors (Lipinski definition) is 0. The van der Waals surface area contributed by atoms with Crippen LogP contribution in [0, 0.1) is 0 Å². The minimum atomic E-state index is -1.59. The van der Waals surface area contributed by atoms with Gasteiger partial charge in [0.2, 0.25) is 0 Å². The highest BCUT2D eigenvalue weighted by atomic mass is 30.7. The van der Waals surface area contributed by atoms with Gasteiger partial charge in [-0.25, -0.2) is 0 Å². The van der Waals surface area contributed by atoms with Crippen LogP contribution in [-0.4, -0.2) is 125 Å². The molecule has 0 radical (unpaired) electrons. The van der Waals surface area contributed by atoms with E-state index in [1.54, 1.807) is 0 Å². The summed E-state index contributed by atoms with van der Waals surface area (Å²) in [6, 6.07) is 0. The van der Waals surface area contributed by atoms with Gasteiger partial charge in [0, 0.05) is 125 Å². The van der Waals surface area contributed by atoms with Gasteiger partial charge in [-0.05, 0) is 0 Å². The average molecular weight is 957 g/mol. The summed E-state index contributed by atoms with van der Waals surface area (Å²) < 4.78 is 0. The summed E-state index contributed by atoms with van der Waals surface area (Å²) in [7, 11) is -19.5. The first-order valence-electron chi connectivity index (χ1n) is 20.2. The normalized spacial score (nSPS) is 41.9. The summed E-state index contributed by atoms with van der Waals surface area (Å²) in [5.41, 5.74) is 0. The molecule has 0 nitrogen and oxygen atoms in total. The summed E-state index contributed by atoms with van der Waals surface area (Å²) in [5, 5.41) is 0. The van der Waals surface area contributed by atoms with Gasteiger partial charge in [0.25, 0.3) is 0 Å². The first-order chi connectivity index (χ1) is 20.2. The van der Waals surface area contributed by atoms with E-state index in [1.807, 2.05) is 0 Å². The third-order valence-electron chi connectivity index (χ3n) is 23.2. The van der Waals surface area contributed by atoms with Gasteiger partial charge in [-0.3, -0.25) is 0 Å². The van der Waals surface area contributed by atoms with Crippen molar-refractivity contribution >= 4 is 125 Å². The molecule has 4 aliphatic rings. The third kappa shape index (κ3) is 3.21. The summed E-state index contributed by atoms with van der Waals surface area (Å²) in [6.07, 6.45) is -5.68. The molecular formula is C30H90Si18. The Hall–Kier alpha value is 3.90. The van der Waals surface area contributed by atoms with Gasteiger partial charge in [-0.1, -0.05) is 196 Å².